The maximum atomic E-state index is 12.9. The third-order valence-corrected chi connectivity index (χ3v) is 2.98. The molecule has 0 bridgehead atoms. The van der Waals surface area contributed by atoms with Gasteiger partial charge >= 0.3 is 0 Å². The molecule has 0 fully saturated rings. The Kier molecular flexibility index (Phi) is 3.71. The van der Waals surface area contributed by atoms with Crippen LogP contribution in [0.4, 0.5) is 4.39 Å². The van der Waals surface area contributed by atoms with Gasteiger partial charge < -0.3 is 5.32 Å². The van der Waals surface area contributed by atoms with Gasteiger partial charge in [-0.2, -0.15) is 0 Å². The topological polar surface area (TPSA) is 42.0 Å². The molecule has 1 heterocycles. The van der Waals surface area contributed by atoms with E-state index in [4.69, 9.17) is 11.6 Å². The summed E-state index contributed by atoms with van der Waals surface area (Å²) in [6.45, 7) is 0.288. The van der Waals surface area contributed by atoms with Gasteiger partial charge in [-0.05, 0) is 17.7 Å². The Balaban J connectivity index is 1.98. The highest BCUT2D eigenvalue weighted by Crippen LogP contribution is 2.15. The number of aromatic nitrogens is 1. The fourth-order valence-corrected chi connectivity index (χ4v) is 1.98. The molecule has 1 aromatic carbocycles. The molecule has 1 N–H and O–H groups in total. The van der Waals surface area contributed by atoms with Crippen molar-refractivity contribution in [2.24, 2.45) is 0 Å². The standard InChI is InChI=1S/C11H8ClFN2OS/c12-8-3-7(1-2-9(8)13)4-14-11(16)10-5-17-6-15-10/h1-3,5-6H,4H2,(H,14,16). The van der Waals surface area contributed by atoms with Gasteiger partial charge in [0.1, 0.15) is 11.5 Å². The van der Waals surface area contributed by atoms with E-state index in [1.165, 1.54) is 23.5 Å². The predicted molar refractivity (Wildman–Crippen MR) is 64.7 cm³/mol. The van der Waals surface area contributed by atoms with Crippen molar-refractivity contribution in [3.05, 3.63) is 51.2 Å². The Labute approximate surface area is 106 Å². The van der Waals surface area contributed by atoms with Gasteiger partial charge in [-0.25, -0.2) is 9.37 Å². The van der Waals surface area contributed by atoms with Crippen LogP contribution in [0.15, 0.2) is 29.1 Å². The quantitative estimate of drug-likeness (QED) is 0.932. The lowest BCUT2D eigenvalue weighted by Crippen LogP contribution is -2.23. The van der Waals surface area contributed by atoms with Crippen LogP contribution in [-0.4, -0.2) is 10.9 Å². The largest absolute Gasteiger partial charge is 0.347 e. The minimum atomic E-state index is -0.471. The molecule has 0 spiro atoms. The lowest BCUT2D eigenvalue weighted by atomic mass is 10.2. The van der Waals surface area contributed by atoms with Crippen LogP contribution in [0.2, 0.25) is 5.02 Å². The van der Waals surface area contributed by atoms with Crippen LogP contribution in [0.25, 0.3) is 0 Å². The van der Waals surface area contributed by atoms with Gasteiger partial charge in [0.2, 0.25) is 0 Å². The fraction of sp³-hybridized carbons (Fsp3) is 0.0909. The molecule has 0 saturated heterocycles. The van der Waals surface area contributed by atoms with E-state index >= 15 is 0 Å². The summed E-state index contributed by atoms with van der Waals surface area (Å²) in [5, 5.41) is 4.38. The van der Waals surface area contributed by atoms with E-state index in [1.54, 1.807) is 17.0 Å². The number of benzene rings is 1. The first-order valence-electron chi connectivity index (χ1n) is 4.77. The van der Waals surface area contributed by atoms with Crippen LogP contribution >= 0.6 is 22.9 Å². The number of nitrogens with zero attached hydrogens (tertiary/aromatic N) is 1. The first-order chi connectivity index (χ1) is 8.16. The van der Waals surface area contributed by atoms with Gasteiger partial charge in [0.15, 0.2) is 0 Å². The van der Waals surface area contributed by atoms with E-state index < -0.39 is 5.82 Å². The molecule has 0 radical (unpaired) electrons. The van der Waals surface area contributed by atoms with Crippen molar-refractivity contribution in [3.8, 4) is 0 Å². The fourth-order valence-electron chi connectivity index (χ4n) is 1.25. The molecule has 88 valence electrons. The summed E-state index contributed by atoms with van der Waals surface area (Å²) < 4.78 is 12.9. The molecule has 6 heteroatoms. The molecular formula is C11H8ClFN2OS. The Bertz CT molecular complexity index is 530. The number of halogens is 2. The molecule has 1 aromatic heterocycles. The summed E-state index contributed by atoms with van der Waals surface area (Å²) in [6, 6.07) is 4.33. The molecule has 0 atom stereocenters. The predicted octanol–water partition coefficient (Wildman–Crippen LogP) is 2.87. The molecule has 0 aliphatic rings. The zero-order valence-electron chi connectivity index (χ0n) is 8.61. The molecule has 1 amide bonds. The summed E-state index contributed by atoms with van der Waals surface area (Å²) >= 11 is 6.98. The average Bonchev–Trinajstić information content (AvgIpc) is 2.84. The maximum Gasteiger partial charge on any atom is 0.271 e. The molecule has 0 aliphatic heterocycles. The number of amides is 1. The molecule has 0 saturated carbocycles. The van der Waals surface area contributed by atoms with Crippen LogP contribution in [0.5, 0.6) is 0 Å². The second-order valence-corrected chi connectivity index (χ2v) is 4.43. The Morgan fingerprint density at radius 3 is 3.00 bits per heavy atom. The van der Waals surface area contributed by atoms with E-state index in [1.807, 2.05) is 0 Å². The summed E-state index contributed by atoms with van der Waals surface area (Å²) in [5.41, 5.74) is 2.70. The Hall–Kier alpha value is -1.46. The average molecular weight is 271 g/mol. The van der Waals surface area contributed by atoms with Crippen molar-refractivity contribution in [2.75, 3.05) is 0 Å². The highest BCUT2D eigenvalue weighted by molar-refractivity contribution is 7.07. The van der Waals surface area contributed by atoms with Crippen molar-refractivity contribution in [2.45, 2.75) is 6.54 Å². The van der Waals surface area contributed by atoms with Gasteiger partial charge in [0.05, 0.1) is 10.5 Å². The first-order valence-corrected chi connectivity index (χ1v) is 6.09. The third kappa shape index (κ3) is 3.01. The summed E-state index contributed by atoms with van der Waals surface area (Å²) in [7, 11) is 0. The maximum absolute atomic E-state index is 12.9. The van der Waals surface area contributed by atoms with Gasteiger partial charge in [-0.3, -0.25) is 4.79 Å². The van der Waals surface area contributed by atoms with E-state index in [2.05, 4.69) is 10.3 Å². The van der Waals surface area contributed by atoms with Crippen LogP contribution in [0.3, 0.4) is 0 Å². The first kappa shape index (κ1) is 12.0. The molecule has 17 heavy (non-hydrogen) atoms. The van der Waals surface area contributed by atoms with E-state index in [0.29, 0.717) is 5.69 Å². The molecule has 0 aliphatic carbocycles. The van der Waals surface area contributed by atoms with Gasteiger partial charge in [0, 0.05) is 11.9 Å². The molecule has 0 unspecified atom stereocenters. The monoisotopic (exact) mass is 270 g/mol. The van der Waals surface area contributed by atoms with E-state index in [0.717, 1.165) is 5.56 Å². The van der Waals surface area contributed by atoms with Crippen LogP contribution in [-0.2, 0) is 6.54 Å². The van der Waals surface area contributed by atoms with Crippen LogP contribution in [0.1, 0.15) is 16.1 Å². The molecule has 3 nitrogen and oxygen atoms in total. The number of nitrogens with one attached hydrogen (secondary N) is 1. The minimum Gasteiger partial charge on any atom is -0.347 e. The Morgan fingerprint density at radius 1 is 1.53 bits per heavy atom. The summed E-state index contributed by atoms with van der Waals surface area (Å²) in [5.74, 6) is -0.729. The van der Waals surface area contributed by atoms with Crippen molar-refractivity contribution < 1.29 is 9.18 Å². The molecule has 2 aromatic rings. The summed E-state index contributed by atoms with van der Waals surface area (Å²) in [4.78, 5) is 15.4. The second kappa shape index (κ2) is 5.25. The van der Waals surface area contributed by atoms with Crippen LogP contribution < -0.4 is 5.32 Å². The highest BCUT2D eigenvalue weighted by atomic mass is 35.5. The van der Waals surface area contributed by atoms with E-state index in [-0.39, 0.29) is 17.5 Å². The Morgan fingerprint density at radius 2 is 2.35 bits per heavy atom. The van der Waals surface area contributed by atoms with Gasteiger partial charge in [-0.15, -0.1) is 11.3 Å². The lowest BCUT2D eigenvalue weighted by molar-refractivity contribution is 0.0946. The van der Waals surface area contributed by atoms with Gasteiger partial charge in [-0.1, -0.05) is 17.7 Å². The van der Waals surface area contributed by atoms with Crippen LogP contribution in [0, 0.1) is 5.82 Å². The van der Waals surface area contributed by atoms with Gasteiger partial charge in [0.25, 0.3) is 5.91 Å². The lowest BCUT2D eigenvalue weighted by Gasteiger charge is -2.04. The number of hydrogen-bond acceptors (Lipinski definition) is 3. The number of carbonyl (C=O) groups excluding carboxylic acids is 1. The second-order valence-electron chi connectivity index (χ2n) is 3.30. The van der Waals surface area contributed by atoms with Crippen molar-refractivity contribution in [3.63, 3.8) is 0 Å². The normalized spacial score (nSPS) is 10.2. The van der Waals surface area contributed by atoms with Crippen molar-refractivity contribution in [1.82, 2.24) is 10.3 Å². The van der Waals surface area contributed by atoms with E-state index in [9.17, 15) is 9.18 Å². The minimum absolute atomic E-state index is 0.0467. The molecule has 2 rings (SSSR count). The number of thiazole rings is 1. The highest BCUT2D eigenvalue weighted by Gasteiger charge is 2.07. The molecular weight excluding hydrogens is 263 g/mol. The number of hydrogen-bond donors (Lipinski definition) is 1. The zero-order chi connectivity index (χ0) is 12.3. The SMILES string of the molecule is O=C(NCc1ccc(F)c(Cl)c1)c1cscn1. The summed E-state index contributed by atoms with van der Waals surface area (Å²) in [6.07, 6.45) is 0. The zero-order valence-corrected chi connectivity index (χ0v) is 10.2. The van der Waals surface area contributed by atoms with Crippen molar-refractivity contribution >= 4 is 28.8 Å². The van der Waals surface area contributed by atoms with Crippen molar-refractivity contribution in [1.29, 1.82) is 0 Å². The number of rotatable bonds is 3. The third-order valence-electron chi connectivity index (χ3n) is 2.10. The number of carbonyl (C=O) groups is 1. The smallest absolute Gasteiger partial charge is 0.271 e.